The summed E-state index contributed by atoms with van der Waals surface area (Å²) in [5, 5.41) is 0. The summed E-state index contributed by atoms with van der Waals surface area (Å²) in [7, 11) is 1.86. The van der Waals surface area contributed by atoms with Crippen molar-refractivity contribution < 1.29 is 8.42 Å². The smallest absolute Gasteiger partial charge is 0.242 e. The number of nitrogens with two attached hydrogens (primary N) is 1. The quantitative estimate of drug-likeness (QED) is 0.775. The maximum Gasteiger partial charge on any atom is 0.242 e. The Kier molecular flexibility index (Phi) is 5.42. The van der Waals surface area contributed by atoms with Gasteiger partial charge in [0, 0.05) is 25.7 Å². The predicted molar refractivity (Wildman–Crippen MR) is 80.7 cm³/mol. The van der Waals surface area contributed by atoms with Crippen LogP contribution in [0.1, 0.15) is 5.56 Å². The molecule has 106 valence electrons. The molecule has 0 aromatic heterocycles. The van der Waals surface area contributed by atoms with Crippen molar-refractivity contribution in [3.8, 4) is 0 Å². The number of sulfonamides is 1. The first-order valence-electron chi connectivity index (χ1n) is 5.76. The number of rotatable bonds is 6. The Balaban J connectivity index is 2.99. The lowest BCUT2D eigenvalue weighted by molar-refractivity contribution is 0.358. The topological polar surface area (TPSA) is 66.6 Å². The van der Waals surface area contributed by atoms with Crippen LogP contribution in [-0.4, -0.2) is 56.8 Å². The molecule has 0 bridgehead atoms. The fourth-order valence-corrected chi connectivity index (χ4v) is 2.79. The summed E-state index contributed by atoms with van der Waals surface area (Å²) in [5.74, 6) is 0. The Labute approximate surface area is 120 Å². The van der Waals surface area contributed by atoms with E-state index in [0.29, 0.717) is 18.7 Å². The molecule has 5 nitrogen and oxygen atoms in total. The van der Waals surface area contributed by atoms with Crippen molar-refractivity contribution in [2.75, 3.05) is 34.2 Å². The zero-order valence-corrected chi connectivity index (χ0v) is 13.0. The number of hydrogen-bond donors (Lipinski definition) is 1. The van der Waals surface area contributed by atoms with E-state index in [1.165, 1.54) is 10.4 Å². The highest BCUT2D eigenvalue weighted by molar-refractivity contribution is 7.89. The van der Waals surface area contributed by atoms with E-state index in [9.17, 15) is 8.42 Å². The molecule has 1 aromatic rings. The Morgan fingerprint density at radius 2 is 1.89 bits per heavy atom. The maximum absolute atomic E-state index is 12.3. The van der Waals surface area contributed by atoms with Crippen LogP contribution in [0.2, 0.25) is 0 Å². The van der Waals surface area contributed by atoms with E-state index < -0.39 is 10.0 Å². The third-order valence-corrected chi connectivity index (χ3v) is 4.78. The van der Waals surface area contributed by atoms with Crippen molar-refractivity contribution in [1.29, 1.82) is 0 Å². The second kappa shape index (κ2) is 6.42. The highest BCUT2D eigenvalue weighted by atomic mass is 32.2. The molecule has 7 heteroatoms. The summed E-state index contributed by atoms with van der Waals surface area (Å²) in [5.41, 5.74) is 6.07. The Bertz CT molecular complexity index is 556. The van der Waals surface area contributed by atoms with Gasteiger partial charge < -0.3 is 10.6 Å². The van der Waals surface area contributed by atoms with Gasteiger partial charge in [-0.2, -0.15) is 4.31 Å². The molecule has 0 amide bonds. The number of nitrogens with zero attached hydrogens (tertiary/aromatic N) is 2. The highest BCUT2D eigenvalue weighted by Gasteiger charge is 2.20. The van der Waals surface area contributed by atoms with Crippen LogP contribution >= 0.6 is 12.2 Å². The molecule has 0 saturated heterocycles. The second-order valence-electron chi connectivity index (χ2n) is 4.52. The number of thiocarbonyl (C=S) groups is 1. The Hall–Kier alpha value is -1.02. The van der Waals surface area contributed by atoms with Gasteiger partial charge in [-0.3, -0.25) is 0 Å². The lowest BCUT2D eigenvalue weighted by Crippen LogP contribution is -2.33. The van der Waals surface area contributed by atoms with Gasteiger partial charge in [-0.1, -0.05) is 24.4 Å². The number of likely N-dealkylation sites (N-methyl/N-ethyl adjacent to an activating group) is 2. The highest BCUT2D eigenvalue weighted by Crippen LogP contribution is 2.15. The van der Waals surface area contributed by atoms with Crippen molar-refractivity contribution in [3.63, 3.8) is 0 Å². The van der Waals surface area contributed by atoms with E-state index >= 15 is 0 Å². The number of benzene rings is 1. The monoisotopic (exact) mass is 301 g/mol. The summed E-state index contributed by atoms with van der Waals surface area (Å²) in [4.78, 5) is 2.32. The zero-order chi connectivity index (χ0) is 14.6. The van der Waals surface area contributed by atoms with Crippen LogP contribution in [0.25, 0.3) is 0 Å². The van der Waals surface area contributed by atoms with Crippen LogP contribution in [0.3, 0.4) is 0 Å². The molecule has 19 heavy (non-hydrogen) atoms. The van der Waals surface area contributed by atoms with Crippen LogP contribution in [0.5, 0.6) is 0 Å². The average Bonchev–Trinajstić information content (AvgIpc) is 2.35. The van der Waals surface area contributed by atoms with Crippen LogP contribution in [0, 0.1) is 0 Å². The normalized spacial score (nSPS) is 12.1. The van der Waals surface area contributed by atoms with Crippen LogP contribution in [0.4, 0.5) is 0 Å². The molecule has 0 heterocycles. The number of hydrogen-bond acceptors (Lipinski definition) is 4. The summed E-state index contributed by atoms with van der Waals surface area (Å²) < 4.78 is 26.0. The minimum atomic E-state index is -3.50. The molecule has 0 radical (unpaired) electrons. The molecule has 0 fully saturated rings. The molecule has 0 atom stereocenters. The van der Waals surface area contributed by atoms with Gasteiger partial charge in [-0.15, -0.1) is 0 Å². The predicted octanol–water partition coefficient (Wildman–Crippen LogP) is 0.503. The Morgan fingerprint density at radius 3 is 2.42 bits per heavy atom. The van der Waals surface area contributed by atoms with Gasteiger partial charge in [-0.05, 0) is 26.2 Å². The second-order valence-corrected chi connectivity index (χ2v) is 7.01. The van der Waals surface area contributed by atoms with E-state index in [1.807, 2.05) is 19.0 Å². The van der Waals surface area contributed by atoms with Gasteiger partial charge in [0.1, 0.15) is 4.99 Å². The molecule has 1 aromatic carbocycles. The minimum absolute atomic E-state index is 0.188. The molecule has 0 unspecified atom stereocenters. The summed E-state index contributed by atoms with van der Waals surface area (Å²) >= 11 is 4.86. The van der Waals surface area contributed by atoms with Crippen LogP contribution in [-0.2, 0) is 10.0 Å². The van der Waals surface area contributed by atoms with Crippen molar-refractivity contribution in [2.45, 2.75) is 4.90 Å². The minimum Gasteiger partial charge on any atom is -0.389 e. The SMILES string of the molecule is CN(C)CCN(C)S(=O)(=O)c1cccc(C(N)=S)c1. The van der Waals surface area contributed by atoms with E-state index in [2.05, 4.69) is 0 Å². The van der Waals surface area contributed by atoms with Gasteiger partial charge in [0.25, 0.3) is 0 Å². The first kappa shape index (κ1) is 16.0. The molecule has 0 saturated carbocycles. The molecule has 0 aliphatic rings. The fraction of sp³-hybridized carbons (Fsp3) is 0.417. The Morgan fingerprint density at radius 1 is 1.26 bits per heavy atom. The fourth-order valence-electron chi connectivity index (χ4n) is 1.45. The average molecular weight is 301 g/mol. The third-order valence-electron chi connectivity index (χ3n) is 2.69. The summed E-state index contributed by atoms with van der Waals surface area (Å²) in [6.45, 7) is 1.08. The van der Waals surface area contributed by atoms with Crippen molar-refractivity contribution in [2.24, 2.45) is 5.73 Å². The van der Waals surface area contributed by atoms with E-state index in [0.717, 1.165) is 0 Å². The lowest BCUT2D eigenvalue weighted by atomic mass is 10.2. The standard InChI is InChI=1S/C12H19N3O2S2/c1-14(2)7-8-15(3)19(16,17)11-6-4-5-10(9-11)12(13)18/h4-6,9H,7-8H2,1-3H3,(H2,13,18). The molecule has 0 aliphatic carbocycles. The van der Waals surface area contributed by atoms with Gasteiger partial charge in [0.05, 0.1) is 4.90 Å². The maximum atomic E-state index is 12.3. The van der Waals surface area contributed by atoms with Crippen LogP contribution in [0.15, 0.2) is 29.2 Å². The molecule has 2 N–H and O–H groups in total. The summed E-state index contributed by atoms with van der Waals surface area (Å²) in [6.07, 6.45) is 0. The van der Waals surface area contributed by atoms with E-state index in [4.69, 9.17) is 18.0 Å². The van der Waals surface area contributed by atoms with Gasteiger partial charge >= 0.3 is 0 Å². The first-order chi connectivity index (χ1) is 8.75. The van der Waals surface area contributed by atoms with E-state index in [1.54, 1.807) is 25.2 Å². The molecular formula is C12H19N3O2S2. The zero-order valence-electron chi connectivity index (χ0n) is 11.3. The van der Waals surface area contributed by atoms with Gasteiger partial charge in [0.2, 0.25) is 10.0 Å². The largest absolute Gasteiger partial charge is 0.389 e. The van der Waals surface area contributed by atoms with Gasteiger partial charge in [-0.25, -0.2) is 8.42 Å². The van der Waals surface area contributed by atoms with Crippen LogP contribution < -0.4 is 5.73 Å². The van der Waals surface area contributed by atoms with E-state index in [-0.39, 0.29) is 9.88 Å². The summed E-state index contributed by atoms with van der Waals surface area (Å²) in [6, 6.07) is 6.38. The van der Waals surface area contributed by atoms with Crippen molar-refractivity contribution in [3.05, 3.63) is 29.8 Å². The lowest BCUT2D eigenvalue weighted by Gasteiger charge is -2.19. The molecule has 1 rings (SSSR count). The molecule has 0 aliphatic heterocycles. The first-order valence-corrected chi connectivity index (χ1v) is 7.61. The van der Waals surface area contributed by atoms with Crippen molar-refractivity contribution in [1.82, 2.24) is 9.21 Å². The molecular weight excluding hydrogens is 282 g/mol. The molecule has 0 spiro atoms. The van der Waals surface area contributed by atoms with Gasteiger partial charge in [0.15, 0.2) is 0 Å². The third kappa shape index (κ3) is 4.24. The van der Waals surface area contributed by atoms with Crippen molar-refractivity contribution >= 4 is 27.2 Å².